The van der Waals surface area contributed by atoms with E-state index in [-0.39, 0.29) is 12.5 Å². The molecule has 0 fully saturated rings. The van der Waals surface area contributed by atoms with Gasteiger partial charge >= 0.3 is 0 Å². The van der Waals surface area contributed by atoms with E-state index in [2.05, 4.69) is 5.32 Å². The topological polar surface area (TPSA) is 64.3 Å². The number of ether oxygens (including phenoxy) is 1. The smallest absolute Gasteiger partial charge is 0.251 e. The van der Waals surface area contributed by atoms with Crippen LogP contribution >= 0.6 is 0 Å². The number of carbonyl (C=O) groups excluding carboxylic acids is 1. The van der Waals surface area contributed by atoms with Crippen LogP contribution in [-0.4, -0.2) is 25.7 Å². The molecule has 0 aliphatic carbocycles. The van der Waals surface area contributed by atoms with Crippen molar-refractivity contribution in [2.24, 2.45) is 5.73 Å². The number of benzene rings is 1. The van der Waals surface area contributed by atoms with Gasteiger partial charge in [0.15, 0.2) is 0 Å². The monoisotopic (exact) mass is 236 g/mol. The molecule has 1 aromatic rings. The number of carbonyl (C=O) groups is 1. The quantitative estimate of drug-likeness (QED) is 0.802. The van der Waals surface area contributed by atoms with Gasteiger partial charge in [0.05, 0.1) is 5.54 Å². The second kappa shape index (κ2) is 5.80. The fourth-order valence-electron chi connectivity index (χ4n) is 1.63. The number of methoxy groups -OCH3 is 1. The zero-order chi connectivity index (χ0) is 12.9. The third kappa shape index (κ3) is 3.54. The number of nitrogens with one attached hydrogen (secondary N) is 1. The lowest BCUT2D eigenvalue weighted by Gasteiger charge is -2.28. The molecule has 1 amide bonds. The lowest BCUT2D eigenvalue weighted by molar-refractivity contribution is -0.132. The lowest BCUT2D eigenvalue weighted by Crippen LogP contribution is -2.48. The molecule has 0 saturated carbocycles. The second-order valence-corrected chi connectivity index (χ2v) is 4.44. The molecule has 4 heteroatoms. The van der Waals surface area contributed by atoms with Crippen molar-refractivity contribution < 1.29 is 9.53 Å². The summed E-state index contributed by atoms with van der Waals surface area (Å²) in [5, 5.41) is 2.93. The summed E-state index contributed by atoms with van der Waals surface area (Å²) in [5.41, 5.74) is 6.06. The van der Waals surface area contributed by atoms with Crippen molar-refractivity contribution in [2.75, 3.05) is 13.7 Å². The molecule has 0 aliphatic heterocycles. The van der Waals surface area contributed by atoms with Crippen LogP contribution in [-0.2, 0) is 15.1 Å². The Morgan fingerprint density at radius 3 is 2.47 bits per heavy atom. The van der Waals surface area contributed by atoms with Crippen LogP contribution in [0.5, 0.6) is 0 Å². The van der Waals surface area contributed by atoms with Gasteiger partial charge < -0.3 is 15.8 Å². The summed E-state index contributed by atoms with van der Waals surface area (Å²) in [4.78, 5) is 11.9. The van der Waals surface area contributed by atoms with Crippen LogP contribution < -0.4 is 11.1 Å². The summed E-state index contributed by atoms with van der Waals surface area (Å²) in [6.07, 6.45) is -0.599. The molecule has 0 aromatic heterocycles. The lowest BCUT2D eigenvalue weighted by atomic mass is 9.94. The summed E-state index contributed by atoms with van der Waals surface area (Å²) in [5.74, 6) is -0.191. The minimum atomic E-state index is -0.599. The maximum Gasteiger partial charge on any atom is 0.251 e. The van der Waals surface area contributed by atoms with Crippen LogP contribution in [0.1, 0.15) is 19.4 Å². The summed E-state index contributed by atoms with van der Waals surface area (Å²) >= 11 is 0. The minimum Gasteiger partial charge on any atom is -0.370 e. The van der Waals surface area contributed by atoms with Crippen molar-refractivity contribution in [3.63, 3.8) is 0 Å². The molecule has 17 heavy (non-hydrogen) atoms. The predicted molar refractivity (Wildman–Crippen MR) is 67.5 cm³/mol. The standard InChI is InChI=1S/C13H20N2O2/c1-13(2,10-7-5-4-6-8-10)15-12(16)11(9-14)17-3/h4-8,11H,9,14H2,1-3H3,(H,15,16). The third-order valence-electron chi connectivity index (χ3n) is 2.72. The molecule has 1 rings (SSSR count). The van der Waals surface area contributed by atoms with Gasteiger partial charge in [-0.1, -0.05) is 30.3 Å². The Bertz CT molecular complexity index is 359. The van der Waals surface area contributed by atoms with Crippen LogP contribution in [0.15, 0.2) is 30.3 Å². The Labute approximate surface area is 102 Å². The van der Waals surface area contributed by atoms with Crippen LogP contribution in [0, 0.1) is 0 Å². The SMILES string of the molecule is COC(CN)C(=O)NC(C)(C)c1ccccc1. The van der Waals surface area contributed by atoms with Gasteiger partial charge in [0.2, 0.25) is 0 Å². The molecule has 1 unspecified atom stereocenters. The van der Waals surface area contributed by atoms with Gasteiger partial charge in [-0.3, -0.25) is 4.79 Å². The van der Waals surface area contributed by atoms with E-state index in [4.69, 9.17) is 10.5 Å². The van der Waals surface area contributed by atoms with Gasteiger partial charge in [0.1, 0.15) is 6.10 Å². The van der Waals surface area contributed by atoms with Crippen molar-refractivity contribution in [2.45, 2.75) is 25.5 Å². The molecule has 0 spiro atoms. The Morgan fingerprint density at radius 2 is 2.00 bits per heavy atom. The van der Waals surface area contributed by atoms with Crippen LogP contribution in [0.4, 0.5) is 0 Å². The maximum absolute atomic E-state index is 11.9. The molecule has 0 radical (unpaired) electrons. The fourth-order valence-corrected chi connectivity index (χ4v) is 1.63. The predicted octanol–water partition coefficient (Wildman–Crippen LogP) is 1.01. The van der Waals surface area contributed by atoms with Crippen LogP contribution in [0.3, 0.4) is 0 Å². The van der Waals surface area contributed by atoms with E-state index in [0.29, 0.717) is 0 Å². The van der Waals surface area contributed by atoms with Crippen LogP contribution in [0.25, 0.3) is 0 Å². The van der Waals surface area contributed by atoms with E-state index < -0.39 is 11.6 Å². The van der Waals surface area contributed by atoms with Crippen LogP contribution in [0.2, 0.25) is 0 Å². The van der Waals surface area contributed by atoms with E-state index in [0.717, 1.165) is 5.56 Å². The highest BCUT2D eigenvalue weighted by Gasteiger charge is 2.26. The first kappa shape index (κ1) is 13.7. The summed E-state index contributed by atoms with van der Waals surface area (Å²) in [6, 6.07) is 9.79. The summed E-state index contributed by atoms with van der Waals surface area (Å²) in [6.45, 7) is 4.07. The summed E-state index contributed by atoms with van der Waals surface area (Å²) in [7, 11) is 1.48. The van der Waals surface area contributed by atoms with Crippen molar-refractivity contribution in [3.05, 3.63) is 35.9 Å². The Hall–Kier alpha value is -1.39. The fraction of sp³-hybridized carbons (Fsp3) is 0.462. The van der Waals surface area contributed by atoms with E-state index in [1.165, 1.54) is 7.11 Å². The first-order valence-corrected chi connectivity index (χ1v) is 5.61. The first-order chi connectivity index (χ1) is 8.01. The van der Waals surface area contributed by atoms with E-state index in [1.807, 2.05) is 44.2 Å². The van der Waals surface area contributed by atoms with Crippen molar-refractivity contribution >= 4 is 5.91 Å². The highest BCUT2D eigenvalue weighted by molar-refractivity contribution is 5.81. The Kier molecular flexibility index (Phi) is 4.66. The van der Waals surface area contributed by atoms with Gasteiger partial charge in [-0.25, -0.2) is 0 Å². The van der Waals surface area contributed by atoms with E-state index >= 15 is 0 Å². The average Bonchev–Trinajstić information content (AvgIpc) is 2.31. The number of nitrogens with two attached hydrogens (primary N) is 1. The largest absolute Gasteiger partial charge is 0.370 e. The number of rotatable bonds is 5. The molecule has 0 saturated heterocycles. The zero-order valence-electron chi connectivity index (χ0n) is 10.6. The number of hydrogen-bond acceptors (Lipinski definition) is 3. The molecular formula is C13H20N2O2. The third-order valence-corrected chi connectivity index (χ3v) is 2.72. The second-order valence-electron chi connectivity index (χ2n) is 4.44. The normalized spacial score (nSPS) is 13.2. The molecule has 3 N–H and O–H groups in total. The number of amides is 1. The Balaban J connectivity index is 2.76. The molecule has 1 atom stereocenters. The molecule has 0 aliphatic rings. The molecule has 4 nitrogen and oxygen atoms in total. The van der Waals surface area contributed by atoms with Gasteiger partial charge in [-0.05, 0) is 19.4 Å². The van der Waals surface area contributed by atoms with Crippen molar-refractivity contribution in [1.82, 2.24) is 5.32 Å². The average molecular weight is 236 g/mol. The Morgan fingerprint density at radius 1 is 1.41 bits per heavy atom. The minimum absolute atomic E-state index is 0.174. The highest BCUT2D eigenvalue weighted by atomic mass is 16.5. The molecular weight excluding hydrogens is 216 g/mol. The highest BCUT2D eigenvalue weighted by Crippen LogP contribution is 2.19. The first-order valence-electron chi connectivity index (χ1n) is 5.61. The molecule has 1 aromatic carbocycles. The van der Waals surface area contributed by atoms with Gasteiger partial charge in [-0.15, -0.1) is 0 Å². The summed E-state index contributed by atoms with van der Waals surface area (Å²) < 4.78 is 5.01. The van der Waals surface area contributed by atoms with E-state index in [9.17, 15) is 4.79 Å². The molecule has 0 bridgehead atoms. The van der Waals surface area contributed by atoms with Gasteiger partial charge in [-0.2, -0.15) is 0 Å². The van der Waals surface area contributed by atoms with Gasteiger partial charge in [0.25, 0.3) is 5.91 Å². The van der Waals surface area contributed by atoms with Crippen molar-refractivity contribution in [1.29, 1.82) is 0 Å². The molecule has 94 valence electrons. The zero-order valence-corrected chi connectivity index (χ0v) is 10.6. The number of hydrogen-bond donors (Lipinski definition) is 2. The maximum atomic E-state index is 11.9. The van der Waals surface area contributed by atoms with E-state index in [1.54, 1.807) is 0 Å². The van der Waals surface area contributed by atoms with Gasteiger partial charge in [0, 0.05) is 13.7 Å². The molecule has 0 heterocycles. The van der Waals surface area contributed by atoms with Crippen molar-refractivity contribution in [3.8, 4) is 0 Å².